The van der Waals surface area contributed by atoms with Gasteiger partial charge >= 0.3 is 0 Å². The number of hydrogen-bond acceptors (Lipinski definition) is 4. The van der Waals surface area contributed by atoms with E-state index in [1.807, 2.05) is 0 Å². The molecule has 0 saturated carbocycles. The standard InChI is InChI=1S/C13H20O4/c14-7-6-9-10-4-5-11(16-10)13(9)17-12-3-1-2-8-15-12/h7,9-13H,1-6,8H2. The second kappa shape index (κ2) is 5.04. The third-order valence-corrected chi connectivity index (χ3v) is 4.17. The highest BCUT2D eigenvalue weighted by Gasteiger charge is 2.50. The first kappa shape index (κ1) is 11.6. The SMILES string of the molecule is O=CCC1C2CCC(O2)C1OC1CCCCO1. The Labute approximate surface area is 102 Å². The molecule has 0 N–H and O–H groups in total. The molecule has 3 saturated heterocycles. The molecule has 3 rings (SSSR count). The van der Waals surface area contributed by atoms with Gasteiger partial charge in [0.25, 0.3) is 0 Å². The molecule has 0 spiro atoms. The van der Waals surface area contributed by atoms with E-state index in [-0.39, 0.29) is 30.5 Å². The van der Waals surface area contributed by atoms with Gasteiger partial charge in [0, 0.05) is 18.9 Å². The zero-order valence-electron chi connectivity index (χ0n) is 10.0. The van der Waals surface area contributed by atoms with Gasteiger partial charge in [-0.15, -0.1) is 0 Å². The van der Waals surface area contributed by atoms with Crippen LogP contribution in [0.1, 0.15) is 38.5 Å². The van der Waals surface area contributed by atoms with E-state index in [0.717, 1.165) is 38.6 Å². The van der Waals surface area contributed by atoms with Crippen molar-refractivity contribution < 1.29 is 19.0 Å². The van der Waals surface area contributed by atoms with Gasteiger partial charge < -0.3 is 19.0 Å². The molecule has 0 aliphatic carbocycles. The van der Waals surface area contributed by atoms with Gasteiger partial charge in [-0.05, 0) is 32.1 Å². The zero-order chi connectivity index (χ0) is 11.7. The van der Waals surface area contributed by atoms with Gasteiger partial charge in [-0.25, -0.2) is 0 Å². The minimum absolute atomic E-state index is 0.0713. The number of fused-ring (bicyclic) bond motifs is 2. The van der Waals surface area contributed by atoms with Crippen molar-refractivity contribution in [3.8, 4) is 0 Å². The van der Waals surface area contributed by atoms with E-state index in [1.54, 1.807) is 0 Å². The average molecular weight is 240 g/mol. The highest BCUT2D eigenvalue weighted by atomic mass is 16.7. The molecule has 4 heteroatoms. The van der Waals surface area contributed by atoms with Crippen LogP contribution in [0.15, 0.2) is 0 Å². The van der Waals surface area contributed by atoms with E-state index in [9.17, 15) is 4.79 Å². The van der Waals surface area contributed by atoms with Crippen molar-refractivity contribution in [3.63, 3.8) is 0 Å². The summed E-state index contributed by atoms with van der Waals surface area (Å²) in [5.74, 6) is 0.247. The summed E-state index contributed by atoms with van der Waals surface area (Å²) in [5.41, 5.74) is 0. The number of carbonyl (C=O) groups is 1. The Bertz CT molecular complexity index is 275. The lowest BCUT2D eigenvalue weighted by Crippen LogP contribution is -2.39. The van der Waals surface area contributed by atoms with Crippen LogP contribution in [0.4, 0.5) is 0 Å². The van der Waals surface area contributed by atoms with Crippen LogP contribution in [-0.2, 0) is 19.0 Å². The molecule has 5 unspecified atom stereocenters. The number of carbonyl (C=O) groups excluding carboxylic acids is 1. The number of hydrogen-bond donors (Lipinski definition) is 0. The lowest BCUT2D eigenvalue weighted by Gasteiger charge is -2.32. The van der Waals surface area contributed by atoms with Gasteiger partial charge in [0.2, 0.25) is 0 Å². The smallest absolute Gasteiger partial charge is 0.158 e. The Morgan fingerprint density at radius 1 is 1.18 bits per heavy atom. The monoisotopic (exact) mass is 240 g/mol. The van der Waals surface area contributed by atoms with Crippen molar-refractivity contribution in [2.45, 2.75) is 63.1 Å². The van der Waals surface area contributed by atoms with Crippen LogP contribution in [0.25, 0.3) is 0 Å². The van der Waals surface area contributed by atoms with E-state index in [2.05, 4.69) is 0 Å². The van der Waals surface area contributed by atoms with E-state index in [0.29, 0.717) is 6.42 Å². The average Bonchev–Trinajstić information content (AvgIpc) is 2.94. The molecule has 17 heavy (non-hydrogen) atoms. The van der Waals surface area contributed by atoms with Crippen LogP contribution in [0, 0.1) is 5.92 Å². The zero-order valence-corrected chi connectivity index (χ0v) is 10.0. The summed E-state index contributed by atoms with van der Waals surface area (Å²) < 4.78 is 17.5. The highest BCUT2D eigenvalue weighted by Crippen LogP contribution is 2.42. The molecular weight excluding hydrogens is 220 g/mol. The predicted octanol–water partition coefficient (Wildman–Crippen LogP) is 1.66. The van der Waals surface area contributed by atoms with Gasteiger partial charge in [0.05, 0.1) is 18.3 Å². The molecule has 3 fully saturated rings. The van der Waals surface area contributed by atoms with Crippen molar-refractivity contribution in [3.05, 3.63) is 0 Å². The van der Waals surface area contributed by atoms with Gasteiger partial charge in [-0.3, -0.25) is 0 Å². The fraction of sp³-hybridized carbons (Fsp3) is 0.923. The van der Waals surface area contributed by atoms with Crippen molar-refractivity contribution >= 4 is 6.29 Å². The number of aldehydes is 1. The molecule has 0 aromatic carbocycles. The topological polar surface area (TPSA) is 44.8 Å². The molecule has 96 valence electrons. The van der Waals surface area contributed by atoms with Crippen LogP contribution in [-0.4, -0.2) is 37.5 Å². The molecule has 0 amide bonds. The minimum Gasteiger partial charge on any atom is -0.372 e. The minimum atomic E-state index is -0.0779. The van der Waals surface area contributed by atoms with Crippen molar-refractivity contribution in [2.75, 3.05) is 6.61 Å². The first-order chi connectivity index (χ1) is 8.38. The van der Waals surface area contributed by atoms with Crippen LogP contribution in [0.5, 0.6) is 0 Å². The molecular formula is C13H20O4. The predicted molar refractivity (Wildman–Crippen MR) is 60.5 cm³/mol. The molecule has 3 heterocycles. The maximum Gasteiger partial charge on any atom is 0.158 e. The summed E-state index contributed by atoms with van der Waals surface area (Å²) in [5, 5.41) is 0. The summed E-state index contributed by atoms with van der Waals surface area (Å²) in [4.78, 5) is 10.7. The highest BCUT2D eigenvalue weighted by molar-refractivity contribution is 5.50. The Morgan fingerprint density at radius 3 is 2.82 bits per heavy atom. The normalized spacial score (nSPS) is 45.1. The maximum absolute atomic E-state index is 10.7. The summed E-state index contributed by atoms with van der Waals surface area (Å²) in [6, 6.07) is 0. The maximum atomic E-state index is 10.7. The number of rotatable bonds is 4. The summed E-state index contributed by atoms with van der Waals surface area (Å²) in [6.45, 7) is 0.796. The van der Waals surface area contributed by atoms with E-state index < -0.39 is 0 Å². The third-order valence-electron chi connectivity index (χ3n) is 4.17. The second-order valence-electron chi connectivity index (χ2n) is 5.25. The van der Waals surface area contributed by atoms with Crippen LogP contribution in [0.3, 0.4) is 0 Å². The van der Waals surface area contributed by atoms with Crippen molar-refractivity contribution in [1.29, 1.82) is 0 Å². The lowest BCUT2D eigenvalue weighted by molar-refractivity contribution is -0.203. The Morgan fingerprint density at radius 2 is 2.06 bits per heavy atom. The molecule has 3 aliphatic rings. The summed E-state index contributed by atoms with van der Waals surface area (Å²) in [7, 11) is 0. The molecule has 3 aliphatic heterocycles. The van der Waals surface area contributed by atoms with Gasteiger partial charge in [0.1, 0.15) is 6.29 Å². The van der Waals surface area contributed by atoms with Crippen molar-refractivity contribution in [1.82, 2.24) is 0 Å². The number of ether oxygens (including phenoxy) is 3. The molecule has 5 atom stereocenters. The fourth-order valence-corrected chi connectivity index (χ4v) is 3.31. The molecule has 0 aromatic rings. The first-order valence-corrected chi connectivity index (χ1v) is 6.74. The second-order valence-corrected chi connectivity index (χ2v) is 5.25. The fourth-order valence-electron chi connectivity index (χ4n) is 3.31. The largest absolute Gasteiger partial charge is 0.372 e. The first-order valence-electron chi connectivity index (χ1n) is 6.74. The van der Waals surface area contributed by atoms with Crippen LogP contribution in [0.2, 0.25) is 0 Å². The van der Waals surface area contributed by atoms with Gasteiger partial charge in [0.15, 0.2) is 6.29 Å². The summed E-state index contributed by atoms with van der Waals surface area (Å²) >= 11 is 0. The van der Waals surface area contributed by atoms with E-state index >= 15 is 0 Å². The van der Waals surface area contributed by atoms with Crippen LogP contribution < -0.4 is 0 Å². The molecule has 2 bridgehead atoms. The Hall–Kier alpha value is -0.450. The molecule has 0 aromatic heterocycles. The lowest BCUT2D eigenvalue weighted by atomic mass is 9.84. The van der Waals surface area contributed by atoms with Crippen LogP contribution >= 0.6 is 0 Å². The van der Waals surface area contributed by atoms with Crippen molar-refractivity contribution in [2.24, 2.45) is 5.92 Å². The van der Waals surface area contributed by atoms with E-state index in [4.69, 9.17) is 14.2 Å². The summed E-state index contributed by atoms with van der Waals surface area (Å²) in [6.07, 6.45) is 7.39. The molecule has 0 radical (unpaired) electrons. The third kappa shape index (κ3) is 2.26. The molecule has 4 nitrogen and oxygen atoms in total. The quantitative estimate of drug-likeness (QED) is 0.701. The Balaban J connectivity index is 1.61. The van der Waals surface area contributed by atoms with E-state index in [1.165, 1.54) is 6.42 Å². The van der Waals surface area contributed by atoms with Gasteiger partial charge in [-0.2, -0.15) is 0 Å². The Kier molecular flexibility index (Phi) is 3.45. The van der Waals surface area contributed by atoms with Gasteiger partial charge in [-0.1, -0.05) is 0 Å².